The van der Waals surface area contributed by atoms with E-state index in [0.717, 1.165) is 50.1 Å². The Hall–Kier alpha value is -4.79. The zero-order chi connectivity index (χ0) is 34.6. The Morgan fingerprint density at radius 3 is 2.18 bits per heavy atom. The number of rotatable bonds is 6. The van der Waals surface area contributed by atoms with Gasteiger partial charge in [-0.25, -0.2) is 0 Å². The molecule has 0 N–H and O–H groups in total. The standard InChI is InChI=1S/C46H41N3O.Pt/c1-29(2)34-24-35(45-48-43(31-13-9-7-10-14-31)44(50-45)32-15-11-8-12-16-32)26-37(25-34)49-41-20-17-30(3)23-39(41)38-19-18-33(27-42(38)49)40-28-36(21-22-47-40)46(4,5)6;/h7-25,28-29,43-44H,1-6H3;/q-2;+2/t43-,44-;/m1./s1. The Kier molecular flexibility index (Phi) is 9.33. The van der Waals surface area contributed by atoms with E-state index in [-0.39, 0.29) is 44.5 Å². The number of aliphatic imine (C=N–C) groups is 1. The summed E-state index contributed by atoms with van der Waals surface area (Å²) >= 11 is 0. The quantitative estimate of drug-likeness (QED) is 0.156. The van der Waals surface area contributed by atoms with Crippen molar-refractivity contribution < 1.29 is 25.8 Å². The van der Waals surface area contributed by atoms with Crippen LogP contribution in [0.3, 0.4) is 0 Å². The number of aromatic nitrogens is 2. The molecular formula is C46H41N3OPt. The summed E-state index contributed by atoms with van der Waals surface area (Å²) in [5, 5.41) is 2.33. The molecule has 0 saturated heterocycles. The van der Waals surface area contributed by atoms with Gasteiger partial charge < -0.3 is 14.3 Å². The molecule has 8 rings (SSSR count). The number of ether oxygens (including phenoxy) is 1. The maximum atomic E-state index is 6.81. The van der Waals surface area contributed by atoms with Gasteiger partial charge in [-0.3, -0.25) is 4.99 Å². The molecule has 0 radical (unpaired) electrons. The third-order valence-electron chi connectivity index (χ3n) is 9.80. The molecule has 5 heteroatoms. The Labute approximate surface area is 315 Å². The predicted molar refractivity (Wildman–Crippen MR) is 205 cm³/mol. The van der Waals surface area contributed by atoms with Crippen LogP contribution in [0.4, 0.5) is 0 Å². The van der Waals surface area contributed by atoms with E-state index in [2.05, 4.69) is 161 Å². The van der Waals surface area contributed by atoms with E-state index < -0.39 is 0 Å². The molecule has 4 nitrogen and oxygen atoms in total. The molecule has 2 atom stereocenters. The zero-order valence-electron chi connectivity index (χ0n) is 29.8. The van der Waals surface area contributed by atoms with Crippen molar-refractivity contribution in [2.75, 3.05) is 0 Å². The second kappa shape index (κ2) is 13.7. The fraction of sp³-hybridized carbons (Fsp3) is 0.217. The van der Waals surface area contributed by atoms with Crippen LogP contribution in [0.2, 0.25) is 0 Å². The van der Waals surface area contributed by atoms with Gasteiger partial charge in [0, 0.05) is 11.7 Å². The molecule has 0 bridgehead atoms. The molecule has 3 heterocycles. The van der Waals surface area contributed by atoms with Crippen LogP contribution in [-0.4, -0.2) is 15.4 Å². The molecule has 0 spiro atoms. The van der Waals surface area contributed by atoms with Crippen molar-refractivity contribution in [1.29, 1.82) is 0 Å². The van der Waals surface area contributed by atoms with Crippen LogP contribution in [0.1, 0.15) is 86.1 Å². The van der Waals surface area contributed by atoms with Crippen molar-refractivity contribution in [1.82, 2.24) is 9.55 Å². The summed E-state index contributed by atoms with van der Waals surface area (Å²) in [6.45, 7) is 13.3. The Morgan fingerprint density at radius 2 is 1.47 bits per heavy atom. The van der Waals surface area contributed by atoms with Crippen molar-refractivity contribution >= 4 is 27.7 Å². The van der Waals surface area contributed by atoms with Gasteiger partial charge in [0.2, 0.25) is 0 Å². The van der Waals surface area contributed by atoms with E-state index in [0.29, 0.717) is 5.90 Å². The van der Waals surface area contributed by atoms with Gasteiger partial charge in [-0.2, -0.15) is 0 Å². The summed E-state index contributed by atoms with van der Waals surface area (Å²) < 4.78 is 9.11. The number of pyridine rings is 1. The fourth-order valence-corrected chi connectivity index (χ4v) is 6.98. The monoisotopic (exact) mass is 846 g/mol. The van der Waals surface area contributed by atoms with Crippen LogP contribution in [0.5, 0.6) is 0 Å². The molecule has 1 aliphatic heterocycles. The van der Waals surface area contributed by atoms with Gasteiger partial charge in [0.25, 0.3) is 0 Å². The molecule has 0 unspecified atom stereocenters. The van der Waals surface area contributed by atoms with Crippen molar-refractivity contribution in [2.45, 2.75) is 65.0 Å². The predicted octanol–water partition coefficient (Wildman–Crippen LogP) is 11.4. The van der Waals surface area contributed by atoms with E-state index in [4.69, 9.17) is 14.7 Å². The number of hydrogen-bond acceptors (Lipinski definition) is 3. The first kappa shape index (κ1) is 34.6. The van der Waals surface area contributed by atoms with Crippen LogP contribution < -0.4 is 0 Å². The van der Waals surface area contributed by atoms with Crippen molar-refractivity contribution in [3.8, 4) is 16.9 Å². The minimum absolute atomic E-state index is 0. The smallest absolute Gasteiger partial charge is 0.510 e. The Balaban J connectivity index is 0.00000406. The van der Waals surface area contributed by atoms with E-state index >= 15 is 0 Å². The van der Waals surface area contributed by atoms with Crippen molar-refractivity contribution in [2.24, 2.45) is 4.99 Å². The van der Waals surface area contributed by atoms with Crippen LogP contribution in [0.15, 0.2) is 126 Å². The second-order valence-electron chi connectivity index (χ2n) is 14.8. The Morgan fingerprint density at radius 1 is 0.745 bits per heavy atom. The van der Waals surface area contributed by atoms with Crippen LogP contribution in [0.25, 0.3) is 38.8 Å². The first-order valence-electron chi connectivity index (χ1n) is 17.5. The third kappa shape index (κ3) is 6.59. The zero-order valence-corrected chi connectivity index (χ0v) is 32.1. The van der Waals surface area contributed by atoms with Crippen molar-refractivity contribution in [3.63, 3.8) is 0 Å². The molecule has 5 aromatic carbocycles. The average Bonchev–Trinajstić information content (AvgIpc) is 3.72. The molecule has 0 fully saturated rings. The van der Waals surface area contributed by atoms with Crippen LogP contribution in [-0.2, 0) is 31.2 Å². The van der Waals surface area contributed by atoms with Gasteiger partial charge >= 0.3 is 21.1 Å². The normalized spacial score (nSPS) is 15.9. The van der Waals surface area contributed by atoms with Gasteiger partial charge in [0.1, 0.15) is 18.0 Å². The molecule has 1 aliphatic rings. The molecule has 7 aromatic rings. The summed E-state index contributed by atoms with van der Waals surface area (Å²) in [7, 11) is 0. The number of fused-ring (bicyclic) bond motifs is 3. The topological polar surface area (TPSA) is 39.4 Å². The van der Waals surface area contributed by atoms with Crippen LogP contribution >= 0.6 is 0 Å². The van der Waals surface area contributed by atoms with E-state index in [1.807, 2.05) is 18.3 Å². The second-order valence-corrected chi connectivity index (χ2v) is 14.8. The third-order valence-corrected chi connectivity index (χ3v) is 9.80. The first-order valence-corrected chi connectivity index (χ1v) is 17.5. The van der Waals surface area contributed by atoms with Gasteiger partial charge in [-0.05, 0) is 69.4 Å². The van der Waals surface area contributed by atoms with Gasteiger partial charge in [0.15, 0.2) is 0 Å². The van der Waals surface area contributed by atoms with E-state index in [1.54, 1.807) is 0 Å². The van der Waals surface area contributed by atoms with Gasteiger partial charge in [-0.15, -0.1) is 47.5 Å². The van der Waals surface area contributed by atoms with Gasteiger partial charge in [-0.1, -0.05) is 130 Å². The van der Waals surface area contributed by atoms with Crippen molar-refractivity contribution in [3.05, 3.63) is 167 Å². The molecular weight excluding hydrogens is 806 g/mol. The maximum Gasteiger partial charge on any atom is 2.00 e. The summed E-state index contributed by atoms with van der Waals surface area (Å²) in [5.74, 6) is 0.888. The van der Waals surface area contributed by atoms with Gasteiger partial charge in [0.05, 0.1) is 0 Å². The number of nitrogens with zero attached hydrogens (tertiary/aromatic N) is 3. The number of hydrogen-bond donors (Lipinski definition) is 0. The molecule has 0 aliphatic carbocycles. The Bertz CT molecular complexity index is 2390. The minimum atomic E-state index is -0.239. The summed E-state index contributed by atoms with van der Waals surface area (Å²) in [5.41, 5.74) is 11.7. The summed E-state index contributed by atoms with van der Waals surface area (Å²) in [6, 6.07) is 48.1. The van der Waals surface area contributed by atoms with Crippen LogP contribution in [0, 0.1) is 19.1 Å². The molecule has 0 saturated carbocycles. The largest absolute Gasteiger partial charge is 2.00 e. The number of benzene rings is 5. The fourth-order valence-electron chi connectivity index (χ4n) is 6.98. The molecule has 0 amide bonds. The number of aryl methyl sites for hydroxylation is 1. The summed E-state index contributed by atoms with van der Waals surface area (Å²) in [6.07, 6.45) is 1.67. The minimum Gasteiger partial charge on any atom is -0.510 e. The average molecular weight is 847 g/mol. The molecule has 2 aromatic heterocycles. The molecule has 51 heavy (non-hydrogen) atoms. The first-order chi connectivity index (χ1) is 24.1. The maximum absolute atomic E-state index is 6.81. The van der Waals surface area contributed by atoms with E-state index in [9.17, 15) is 0 Å². The molecule has 256 valence electrons. The summed E-state index contributed by atoms with van der Waals surface area (Å²) in [4.78, 5) is 10.1. The SMILES string of the molecule is Cc1ccc2c(c1)c1ccc(-c3cc(C(C)(C)C)ccn3)[c-]c1n2-c1[c-]c(C2=N[C@H](c3ccccc3)[C@@H](c3ccccc3)O2)cc(C(C)C)c1.[Pt+2]. The van der Waals surface area contributed by atoms with E-state index in [1.165, 1.54) is 22.1 Å².